The summed E-state index contributed by atoms with van der Waals surface area (Å²) in [6.45, 7) is 2.83. The van der Waals surface area contributed by atoms with Crippen LogP contribution >= 0.6 is 11.3 Å². The molecule has 0 atom stereocenters. The molecular weight excluding hydrogens is 286 g/mol. The van der Waals surface area contributed by atoms with Crippen molar-refractivity contribution in [3.05, 3.63) is 23.8 Å². The topological polar surface area (TPSA) is 96.9 Å². The summed E-state index contributed by atoms with van der Waals surface area (Å²) in [6, 6.07) is 3.12. The second kappa shape index (κ2) is 5.93. The van der Waals surface area contributed by atoms with Crippen molar-refractivity contribution in [2.24, 2.45) is 0 Å². The highest BCUT2D eigenvalue weighted by Gasteiger charge is 2.16. The Kier molecular flexibility index (Phi) is 4.27. The first-order valence-corrected chi connectivity index (χ1v) is 7.97. The molecule has 0 aromatic carbocycles. The Balaban J connectivity index is 2.12. The van der Waals surface area contributed by atoms with Gasteiger partial charge in [0.15, 0.2) is 0 Å². The molecule has 0 aliphatic heterocycles. The lowest BCUT2D eigenvalue weighted by Crippen LogP contribution is -2.13. The molecule has 0 aliphatic rings. The van der Waals surface area contributed by atoms with E-state index in [0.29, 0.717) is 5.82 Å². The minimum absolute atomic E-state index is 0.0877. The Morgan fingerprint density at radius 3 is 2.79 bits per heavy atom. The van der Waals surface area contributed by atoms with Crippen LogP contribution in [0.25, 0.3) is 0 Å². The number of hydrogen-bond donors (Lipinski definition) is 2. The quantitative estimate of drug-likeness (QED) is 0.840. The third-order valence-corrected chi connectivity index (χ3v) is 4.24. The fourth-order valence-corrected chi connectivity index (χ4v) is 2.93. The van der Waals surface area contributed by atoms with E-state index in [-0.39, 0.29) is 10.0 Å². The van der Waals surface area contributed by atoms with E-state index in [4.69, 9.17) is 0 Å². The number of pyridine rings is 1. The van der Waals surface area contributed by atoms with Gasteiger partial charge in [0.05, 0.1) is 0 Å². The van der Waals surface area contributed by atoms with Gasteiger partial charge >= 0.3 is 0 Å². The molecule has 2 aromatic rings. The highest BCUT2D eigenvalue weighted by atomic mass is 32.2. The van der Waals surface area contributed by atoms with Crippen LogP contribution in [0.5, 0.6) is 0 Å². The van der Waals surface area contributed by atoms with Gasteiger partial charge in [-0.15, -0.1) is 10.2 Å². The molecule has 7 nitrogen and oxygen atoms in total. The maximum atomic E-state index is 12.0. The van der Waals surface area contributed by atoms with Gasteiger partial charge in [-0.05, 0) is 18.6 Å². The molecule has 2 N–H and O–H groups in total. The number of anilines is 2. The van der Waals surface area contributed by atoms with Crippen molar-refractivity contribution in [2.75, 3.05) is 16.6 Å². The second-order valence-electron chi connectivity index (χ2n) is 3.66. The van der Waals surface area contributed by atoms with Gasteiger partial charge in [-0.1, -0.05) is 18.3 Å². The van der Waals surface area contributed by atoms with E-state index in [1.165, 1.54) is 17.8 Å². The van der Waals surface area contributed by atoms with E-state index >= 15 is 0 Å². The van der Waals surface area contributed by atoms with Crippen LogP contribution in [0.4, 0.5) is 10.9 Å². The Morgan fingerprint density at radius 1 is 1.37 bits per heavy atom. The van der Waals surface area contributed by atoms with Crippen molar-refractivity contribution in [3.63, 3.8) is 0 Å². The molecule has 0 saturated heterocycles. The van der Waals surface area contributed by atoms with E-state index in [0.717, 1.165) is 24.3 Å². The Bertz CT molecular complexity index is 610. The predicted octanol–water partition coefficient (Wildman–Crippen LogP) is 1.56. The summed E-state index contributed by atoms with van der Waals surface area (Å²) in [6.07, 6.45) is 2.28. The number of nitrogens with one attached hydrogen (secondary N) is 2. The normalized spacial score (nSPS) is 11.2. The summed E-state index contributed by atoms with van der Waals surface area (Å²) in [5, 5.41) is 10.5. The molecule has 0 bridgehead atoms. The molecule has 19 heavy (non-hydrogen) atoms. The molecule has 0 unspecified atom stereocenters. The highest BCUT2D eigenvalue weighted by molar-refractivity contribution is 7.93. The van der Waals surface area contributed by atoms with Crippen LogP contribution in [-0.4, -0.2) is 30.1 Å². The van der Waals surface area contributed by atoms with Crippen LogP contribution in [0.1, 0.15) is 13.3 Å². The van der Waals surface area contributed by atoms with Crippen molar-refractivity contribution < 1.29 is 8.42 Å². The summed E-state index contributed by atoms with van der Waals surface area (Å²) >= 11 is 1.11. The third kappa shape index (κ3) is 3.61. The van der Waals surface area contributed by atoms with Crippen LogP contribution in [0, 0.1) is 0 Å². The van der Waals surface area contributed by atoms with E-state index in [1.807, 2.05) is 6.92 Å². The molecule has 0 amide bonds. The monoisotopic (exact) mass is 299 g/mol. The predicted molar refractivity (Wildman–Crippen MR) is 73.7 cm³/mol. The summed E-state index contributed by atoms with van der Waals surface area (Å²) in [7, 11) is -3.65. The van der Waals surface area contributed by atoms with Crippen LogP contribution in [-0.2, 0) is 10.0 Å². The Morgan fingerprint density at radius 2 is 2.21 bits per heavy atom. The van der Waals surface area contributed by atoms with E-state index in [9.17, 15) is 8.42 Å². The SMILES string of the molecule is CCCNc1ccc(S(=O)(=O)Nc2nncs2)cn1. The lowest BCUT2D eigenvalue weighted by atomic mass is 10.4. The number of aromatic nitrogens is 3. The third-order valence-electron chi connectivity index (χ3n) is 2.18. The average molecular weight is 299 g/mol. The van der Waals surface area contributed by atoms with E-state index < -0.39 is 10.0 Å². The molecule has 2 rings (SSSR count). The van der Waals surface area contributed by atoms with Gasteiger partial charge in [0.25, 0.3) is 10.0 Å². The molecule has 102 valence electrons. The van der Waals surface area contributed by atoms with E-state index in [2.05, 4.69) is 25.2 Å². The number of nitrogens with zero attached hydrogens (tertiary/aromatic N) is 3. The van der Waals surface area contributed by atoms with Crippen molar-refractivity contribution in [1.29, 1.82) is 0 Å². The van der Waals surface area contributed by atoms with Crippen LogP contribution in [0.15, 0.2) is 28.7 Å². The molecule has 2 heterocycles. The molecule has 0 radical (unpaired) electrons. The number of sulfonamides is 1. The van der Waals surface area contributed by atoms with Gasteiger partial charge in [-0.3, -0.25) is 4.72 Å². The van der Waals surface area contributed by atoms with Gasteiger partial charge in [0, 0.05) is 12.7 Å². The van der Waals surface area contributed by atoms with Gasteiger partial charge < -0.3 is 5.32 Å². The maximum absolute atomic E-state index is 12.0. The minimum Gasteiger partial charge on any atom is -0.370 e. The van der Waals surface area contributed by atoms with Crippen molar-refractivity contribution >= 4 is 32.3 Å². The van der Waals surface area contributed by atoms with Crippen molar-refractivity contribution in [3.8, 4) is 0 Å². The number of hydrogen-bond acceptors (Lipinski definition) is 7. The first kappa shape index (κ1) is 13.7. The summed E-state index contributed by atoms with van der Waals surface area (Å²) in [5.74, 6) is 0.650. The van der Waals surface area contributed by atoms with Gasteiger partial charge in [0.2, 0.25) is 5.13 Å². The zero-order valence-electron chi connectivity index (χ0n) is 10.2. The summed E-state index contributed by atoms with van der Waals surface area (Å²) in [5.41, 5.74) is 1.45. The Hall–Kier alpha value is -1.74. The molecule has 0 spiro atoms. The molecular formula is C10H13N5O2S2. The lowest BCUT2D eigenvalue weighted by Gasteiger charge is -2.06. The highest BCUT2D eigenvalue weighted by Crippen LogP contribution is 2.17. The summed E-state index contributed by atoms with van der Waals surface area (Å²) < 4.78 is 26.3. The standard InChI is InChI=1S/C10H13N5O2S2/c1-2-5-11-9-4-3-8(6-12-9)19(16,17)15-10-14-13-7-18-10/h3-4,6-7H,2,5H2,1H3,(H,11,12)(H,14,15). The second-order valence-corrected chi connectivity index (χ2v) is 6.17. The minimum atomic E-state index is -3.65. The van der Waals surface area contributed by atoms with Gasteiger partial charge in [-0.25, -0.2) is 13.4 Å². The van der Waals surface area contributed by atoms with Gasteiger partial charge in [-0.2, -0.15) is 0 Å². The average Bonchev–Trinajstić information content (AvgIpc) is 2.89. The van der Waals surface area contributed by atoms with E-state index in [1.54, 1.807) is 6.07 Å². The van der Waals surface area contributed by atoms with Crippen LogP contribution in [0.3, 0.4) is 0 Å². The Labute approximate surface area is 115 Å². The smallest absolute Gasteiger partial charge is 0.265 e. The summed E-state index contributed by atoms with van der Waals surface area (Å²) in [4.78, 5) is 4.14. The first-order valence-electron chi connectivity index (χ1n) is 5.61. The molecule has 0 fully saturated rings. The fraction of sp³-hybridized carbons (Fsp3) is 0.300. The largest absolute Gasteiger partial charge is 0.370 e. The zero-order valence-corrected chi connectivity index (χ0v) is 11.8. The maximum Gasteiger partial charge on any atom is 0.265 e. The first-order chi connectivity index (χ1) is 9.12. The molecule has 0 saturated carbocycles. The zero-order chi connectivity index (χ0) is 13.7. The molecule has 0 aliphatic carbocycles. The van der Waals surface area contributed by atoms with Crippen LogP contribution in [0.2, 0.25) is 0 Å². The fourth-order valence-electron chi connectivity index (χ4n) is 1.29. The molecule has 9 heteroatoms. The van der Waals surface area contributed by atoms with Crippen LogP contribution < -0.4 is 10.0 Å². The molecule has 2 aromatic heterocycles. The number of rotatable bonds is 6. The van der Waals surface area contributed by atoms with Crippen molar-refractivity contribution in [1.82, 2.24) is 15.2 Å². The lowest BCUT2D eigenvalue weighted by molar-refractivity contribution is 0.600. The van der Waals surface area contributed by atoms with Gasteiger partial charge in [0.1, 0.15) is 16.2 Å². The van der Waals surface area contributed by atoms with Crippen molar-refractivity contribution in [2.45, 2.75) is 18.2 Å².